The van der Waals surface area contributed by atoms with E-state index >= 15 is 0 Å². The number of methoxy groups -OCH3 is 5. The first-order chi connectivity index (χ1) is 14.0. The van der Waals surface area contributed by atoms with E-state index in [-0.39, 0.29) is 11.5 Å². The Kier molecular flexibility index (Phi) is 5.58. The van der Waals surface area contributed by atoms with Crippen molar-refractivity contribution in [3.8, 4) is 40.1 Å². The van der Waals surface area contributed by atoms with Crippen LogP contribution >= 0.6 is 0 Å². The summed E-state index contributed by atoms with van der Waals surface area (Å²) in [5, 5.41) is 10.0. The van der Waals surface area contributed by atoms with Crippen LogP contribution in [0.3, 0.4) is 0 Å². The molecule has 3 aromatic rings. The van der Waals surface area contributed by atoms with Gasteiger partial charge in [-0.3, -0.25) is 0 Å². The molecule has 0 aliphatic carbocycles. The minimum Gasteiger partial charge on any atom is -0.493 e. The van der Waals surface area contributed by atoms with Crippen LogP contribution in [0, 0.1) is 0 Å². The Morgan fingerprint density at radius 3 is 1.79 bits per heavy atom. The molecule has 0 amide bonds. The summed E-state index contributed by atoms with van der Waals surface area (Å²) in [5.41, 5.74) is 0.720. The number of hydrogen-bond donors (Lipinski definition) is 1. The van der Waals surface area contributed by atoms with Gasteiger partial charge in [0, 0.05) is 17.0 Å². The molecule has 1 N–H and O–H groups in total. The lowest BCUT2D eigenvalue weighted by atomic mass is 10.1. The standard InChI is InChI=1S/C20H20N2O7/c1-25-13-8-11-12(9-14(13)26-2)21-19(22-17(11)20(23)24)10-6-15(27-3)18(29-5)16(7-10)28-4/h6-9H,1-5H3,(H,23,24). The fourth-order valence-corrected chi connectivity index (χ4v) is 2.96. The van der Waals surface area contributed by atoms with Crippen LogP contribution < -0.4 is 23.7 Å². The van der Waals surface area contributed by atoms with Crippen molar-refractivity contribution in [2.45, 2.75) is 0 Å². The Bertz CT molecular complexity index is 1060. The lowest BCUT2D eigenvalue weighted by Gasteiger charge is -2.15. The first-order valence-corrected chi connectivity index (χ1v) is 8.44. The highest BCUT2D eigenvalue weighted by Gasteiger charge is 2.20. The van der Waals surface area contributed by atoms with Gasteiger partial charge in [0.15, 0.2) is 34.5 Å². The minimum atomic E-state index is -1.20. The van der Waals surface area contributed by atoms with Gasteiger partial charge in [0.25, 0.3) is 0 Å². The molecule has 0 atom stereocenters. The van der Waals surface area contributed by atoms with Crippen LogP contribution in [0.1, 0.15) is 10.5 Å². The van der Waals surface area contributed by atoms with E-state index in [1.807, 2.05) is 0 Å². The Morgan fingerprint density at radius 1 is 0.759 bits per heavy atom. The number of aromatic carboxylic acids is 1. The molecular weight excluding hydrogens is 380 g/mol. The summed E-state index contributed by atoms with van der Waals surface area (Å²) in [6.07, 6.45) is 0. The summed E-state index contributed by atoms with van der Waals surface area (Å²) in [6, 6.07) is 6.43. The molecule has 0 fully saturated rings. The van der Waals surface area contributed by atoms with E-state index in [2.05, 4.69) is 9.97 Å². The highest BCUT2D eigenvalue weighted by molar-refractivity contribution is 6.02. The van der Waals surface area contributed by atoms with Crippen molar-refractivity contribution in [1.82, 2.24) is 9.97 Å². The van der Waals surface area contributed by atoms with E-state index in [1.54, 1.807) is 18.2 Å². The van der Waals surface area contributed by atoms with Gasteiger partial charge in [-0.05, 0) is 18.2 Å². The predicted octanol–water partition coefficient (Wildman–Crippen LogP) is 3.04. The monoisotopic (exact) mass is 400 g/mol. The van der Waals surface area contributed by atoms with Crippen LogP contribution in [0.15, 0.2) is 24.3 Å². The molecule has 0 aliphatic heterocycles. The van der Waals surface area contributed by atoms with Gasteiger partial charge in [-0.15, -0.1) is 0 Å². The largest absolute Gasteiger partial charge is 0.493 e. The van der Waals surface area contributed by atoms with Gasteiger partial charge in [-0.25, -0.2) is 14.8 Å². The quantitative estimate of drug-likeness (QED) is 0.640. The average molecular weight is 400 g/mol. The van der Waals surface area contributed by atoms with Crippen molar-refractivity contribution in [3.63, 3.8) is 0 Å². The smallest absolute Gasteiger partial charge is 0.355 e. The van der Waals surface area contributed by atoms with Crippen LogP contribution in [-0.4, -0.2) is 56.6 Å². The maximum absolute atomic E-state index is 11.9. The summed E-state index contributed by atoms with van der Waals surface area (Å²) < 4.78 is 26.6. The molecule has 29 heavy (non-hydrogen) atoms. The van der Waals surface area contributed by atoms with Gasteiger partial charge in [0.05, 0.1) is 41.1 Å². The average Bonchev–Trinajstić information content (AvgIpc) is 2.75. The number of carboxylic acids is 1. The Balaban J connectivity index is 2.32. The number of aromatic nitrogens is 2. The van der Waals surface area contributed by atoms with Gasteiger partial charge in [-0.2, -0.15) is 0 Å². The first kappa shape index (κ1) is 20.0. The zero-order valence-corrected chi connectivity index (χ0v) is 16.6. The topological polar surface area (TPSA) is 109 Å². The Labute approximate surface area is 166 Å². The number of carboxylic acid groups (broad SMARTS) is 1. The zero-order chi connectivity index (χ0) is 21.1. The van der Waals surface area contributed by atoms with E-state index in [0.29, 0.717) is 45.2 Å². The molecule has 2 aromatic carbocycles. The van der Waals surface area contributed by atoms with Crippen molar-refractivity contribution in [1.29, 1.82) is 0 Å². The van der Waals surface area contributed by atoms with E-state index in [4.69, 9.17) is 23.7 Å². The summed E-state index contributed by atoms with van der Waals surface area (Å²) >= 11 is 0. The van der Waals surface area contributed by atoms with Crippen molar-refractivity contribution in [2.75, 3.05) is 35.5 Å². The molecule has 9 heteroatoms. The van der Waals surface area contributed by atoms with Crippen LogP contribution in [-0.2, 0) is 0 Å². The highest BCUT2D eigenvalue weighted by Crippen LogP contribution is 2.41. The second kappa shape index (κ2) is 8.09. The third-order valence-corrected chi connectivity index (χ3v) is 4.33. The predicted molar refractivity (Wildman–Crippen MR) is 105 cm³/mol. The number of carbonyl (C=O) groups is 1. The lowest BCUT2D eigenvalue weighted by Crippen LogP contribution is -2.06. The van der Waals surface area contributed by atoms with Crippen LogP contribution in [0.5, 0.6) is 28.7 Å². The number of nitrogens with zero attached hydrogens (tertiary/aromatic N) is 2. The van der Waals surface area contributed by atoms with Crippen LogP contribution in [0.25, 0.3) is 22.3 Å². The molecule has 3 rings (SSSR count). The molecule has 0 saturated heterocycles. The Morgan fingerprint density at radius 2 is 1.31 bits per heavy atom. The van der Waals surface area contributed by atoms with Crippen molar-refractivity contribution in [2.24, 2.45) is 0 Å². The van der Waals surface area contributed by atoms with Crippen LogP contribution in [0.2, 0.25) is 0 Å². The number of fused-ring (bicyclic) bond motifs is 1. The SMILES string of the molecule is COc1cc2nc(-c3cc(OC)c(OC)c(OC)c3)nc(C(=O)O)c2cc1OC. The van der Waals surface area contributed by atoms with Gasteiger partial charge in [0.1, 0.15) is 0 Å². The molecule has 0 radical (unpaired) electrons. The molecule has 0 unspecified atom stereocenters. The number of rotatable bonds is 7. The number of benzene rings is 2. The van der Waals surface area contributed by atoms with Crippen LogP contribution in [0.4, 0.5) is 0 Å². The van der Waals surface area contributed by atoms with Crippen molar-refractivity contribution in [3.05, 3.63) is 30.0 Å². The minimum absolute atomic E-state index is 0.167. The molecule has 0 bridgehead atoms. The van der Waals surface area contributed by atoms with E-state index in [1.165, 1.54) is 41.6 Å². The molecule has 0 spiro atoms. The molecule has 152 valence electrons. The fourth-order valence-electron chi connectivity index (χ4n) is 2.96. The lowest BCUT2D eigenvalue weighted by molar-refractivity contribution is 0.0693. The summed E-state index contributed by atoms with van der Waals surface area (Å²) in [4.78, 5) is 20.6. The molecule has 0 aliphatic rings. The van der Waals surface area contributed by atoms with E-state index in [9.17, 15) is 9.90 Å². The third kappa shape index (κ3) is 3.54. The number of hydrogen-bond acceptors (Lipinski definition) is 8. The van der Waals surface area contributed by atoms with Crippen molar-refractivity contribution >= 4 is 16.9 Å². The maximum atomic E-state index is 11.9. The summed E-state index contributed by atoms with van der Waals surface area (Å²) in [7, 11) is 7.43. The third-order valence-electron chi connectivity index (χ3n) is 4.33. The first-order valence-electron chi connectivity index (χ1n) is 8.44. The second-order valence-corrected chi connectivity index (χ2v) is 5.84. The van der Waals surface area contributed by atoms with Gasteiger partial charge >= 0.3 is 5.97 Å². The number of ether oxygens (including phenoxy) is 5. The summed E-state index contributed by atoms with van der Waals surface area (Å²) in [6.45, 7) is 0. The highest BCUT2D eigenvalue weighted by atomic mass is 16.5. The van der Waals surface area contributed by atoms with Gasteiger partial charge in [-0.1, -0.05) is 0 Å². The fraction of sp³-hybridized carbons (Fsp3) is 0.250. The Hall–Kier alpha value is -3.75. The second-order valence-electron chi connectivity index (χ2n) is 5.84. The van der Waals surface area contributed by atoms with Crippen molar-refractivity contribution < 1.29 is 33.6 Å². The molecule has 0 saturated carbocycles. The normalized spacial score (nSPS) is 10.5. The summed E-state index contributed by atoms with van der Waals surface area (Å²) in [5.74, 6) is 0.992. The van der Waals surface area contributed by atoms with Gasteiger partial charge < -0.3 is 28.8 Å². The van der Waals surface area contributed by atoms with Gasteiger partial charge in [0.2, 0.25) is 5.75 Å². The van der Waals surface area contributed by atoms with E-state index < -0.39 is 5.97 Å². The zero-order valence-electron chi connectivity index (χ0n) is 16.6. The molecule has 1 aromatic heterocycles. The maximum Gasteiger partial charge on any atom is 0.355 e. The molecular formula is C20H20N2O7. The molecule has 1 heterocycles. The van der Waals surface area contributed by atoms with E-state index in [0.717, 1.165) is 0 Å². The molecule has 9 nitrogen and oxygen atoms in total.